The van der Waals surface area contributed by atoms with Crippen LogP contribution in [0.5, 0.6) is 0 Å². The van der Waals surface area contributed by atoms with Crippen molar-refractivity contribution in [3.63, 3.8) is 0 Å². The number of morpholine rings is 1. The Morgan fingerprint density at radius 3 is 2.95 bits per heavy atom. The number of hydrogen-bond donors (Lipinski definition) is 1. The summed E-state index contributed by atoms with van der Waals surface area (Å²) in [4.78, 5) is 2.40. The second-order valence-corrected chi connectivity index (χ2v) is 6.09. The van der Waals surface area contributed by atoms with Crippen LogP contribution in [-0.2, 0) is 11.3 Å². The summed E-state index contributed by atoms with van der Waals surface area (Å²) in [6, 6.07) is 6.66. The Hall–Kier alpha value is -0.770. The van der Waals surface area contributed by atoms with Crippen molar-refractivity contribution in [2.24, 2.45) is 0 Å². The molecule has 1 fully saturated rings. The summed E-state index contributed by atoms with van der Waals surface area (Å²) >= 11 is 6.19. The van der Waals surface area contributed by atoms with Gasteiger partial charge in [-0.3, -0.25) is 0 Å². The van der Waals surface area contributed by atoms with Crippen LogP contribution in [0, 0.1) is 0 Å². The summed E-state index contributed by atoms with van der Waals surface area (Å²) in [5.41, 5.74) is 2.55. The Balaban J connectivity index is 2.17. The number of ether oxygens (including phenoxy) is 1. The van der Waals surface area contributed by atoms with Crippen LogP contribution in [0.3, 0.4) is 0 Å². The zero-order chi connectivity index (χ0) is 14.5. The Bertz CT molecular complexity index is 436. The molecule has 1 saturated heterocycles. The van der Waals surface area contributed by atoms with E-state index in [1.165, 1.54) is 11.3 Å². The van der Waals surface area contributed by atoms with Crippen molar-refractivity contribution in [3.05, 3.63) is 28.8 Å². The van der Waals surface area contributed by atoms with Crippen molar-refractivity contribution in [2.75, 3.05) is 24.6 Å². The van der Waals surface area contributed by atoms with E-state index in [2.05, 4.69) is 43.1 Å². The second kappa shape index (κ2) is 7.30. The van der Waals surface area contributed by atoms with Crippen LogP contribution in [0.4, 0.5) is 5.69 Å². The molecule has 1 aliphatic heterocycles. The monoisotopic (exact) mass is 296 g/mol. The zero-order valence-corrected chi connectivity index (χ0v) is 13.4. The molecule has 0 aliphatic carbocycles. The van der Waals surface area contributed by atoms with Crippen molar-refractivity contribution in [1.82, 2.24) is 5.32 Å². The summed E-state index contributed by atoms with van der Waals surface area (Å²) in [5.74, 6) is 0. The minimum atomic E-state index is 0.327. The average molecular weight is 297 g/mol. The van der Waals surface area contributed by atoms with Crippen LogP contribution >= 0.6 is 11.6 Å². The first-order valence-corrected chi connectivity index (χ1v) is 7.86. The van der Waals surface area contributed by atoms with Gasteiger partial charge in [0.15, 0.2) is 0 Å². The summed E-state index contributed by atoms with van der Waals surface area (Å²) in [6.07, 6.45) is 1.38. The molecule has 0 saturated carbocycles. The van der Waals surface area contributed by atoms with Gasteiger partial charge in [0.2, 0.25) is 0 Å². The third kappa shape index (κ3) is 4.11. The largest absolute Gasteiger partial charge is 0.375 e. The topological polar surface area (TPSA) is 24.5 Å². The first-order valence-electron chi connectivity index (χ1n) is 7.48. The SMILES string of the molecule is CCC1CN(c2cc(Cl)ccc2CNC(C)C)CCO1. The minimum absolute atomic E-state index is 0.327. The molecule has 2 rings (SSSR count). The van der Waals surface area contributed by atoms with E-state index in [1.54, 1.807) is 0 Å². The van der Waals surface area contributed by atoms with Gasteiger partial charge in [-0.05, 0) is 24.1 Å². The summed E-state index contributed by atoms with van der Waals surface area (Å²) in [5, 5.41) is 4.28. The first-order chi connectivity index (χ1) is 9.60. The standard InChI is InChI=1S/C16H25ClN2O/c1-4-15-11-19(7-8-20-15)16-9-14(17)6-5-13(16)10-18-12(2)3/h5-6,9,12,15,18H,4,7-8,10-11H2,1-3H3. The van der Waals surface area contributed by atoms with E-state index in [4.69, 9.17) is 16.3 Å². The van der Waals surface area contributed by atoms with Gasteiger partial charge >= 0.3 is 0 Å². The highest BCUT2D eigenvalue weighted by molar-refractivity contribution is 6.30. The molecule has 1 aliphatic rings. The maximum absolute atomic E-state index is 6.19. The van der Waals surface area contributed by atoms with Crippen molar-refractivity contribution < 1.29 is 4.74 Å². The van der Waals surface area contributed by atoms with Crippen LogP contribution in [-0.4, -0.2) is 31.8 Å². The molecular weight excluding hydrogens is 272 g/mol. The number of anilines is 1. The fourth-order valence-corrected chi connectivity index (χ4v) is 2.65. The maximum Gasteiger partial charge on any atom is 0.0748 e. The minimum Gasteiger partial charge on any atom is -0.375 e. The molecule has 1 unspecified atom stereocenters. The number of nitrogens with zero attached hydrogens (tertiary/aromatic N) is 1. The normalized spacial score (nSPS) is 19.6. The lowest BCUT2D eigenvalue weighted by atomic mass is 10.1. The fraction of sp³-hybridized carbons (Fsp3) is 0.625. The average Bonchev–Trinajstić information content (AvgIpc) is 2.46. The van der Waals surface area contributed by atoms with E-state index in [0.717, 1.165) is 37.7 Å². The van der Waals surface area contributed by atoms with E-state index in [-0.39, 0.29) is 0 Å². The van der Waals surface area contributed by atoms with Crippen molar-refractivity contribution >= 4 is 17.3 Å². The van der Waals surface area contributed by atoms with E-state index >= 15 is 0 Å². The van der Waals surface area contributed by atoms with E-state index < -0.39 is 0 Å². The van der Waals surface area contributed by atoms with Gasteiger partial charge in [0.05, 0.1) is 12.7 Å². The zero-order valence-electron chi connectivity index (χ0n) is 12.7. The number of halogens is 1. The molecule has 1 heterocycles. The van der Waals surface area contributed by atoms with Crippen molar-refractivity contribution in [2.45, 2.75) is 45.9 Å². The highest BCUT2D eigenvalue weighted by atomic mass is 35.5. The molecule has 4 heteroatoms. The van der Waals surface area contributed by atoms with Crippen LogP contribution in [0.15, 0.2) is 18.2 Å². The predicted molar refractivity (Wildman–Crippen MR) is 85.7 cm³/mol. The molecule has 20 heavy (non-hydrogen) atoms. The van der Waals surface area contributed by atoms with Crippen LogP contribution < -0.4 is 10.2 Å². The summed E-state index contributed by atoms with van der Waals surface area (Å²) in [7, 11) is 0. The quantitative estimate of drug-likeness (QED) is 0.901. The van der Waals surface area contributed by atoms with Gasteiger partial charge in [-0.2, -0.15) is 0 Å². The third-order valence-electron chi connectivity index (χ3n) is 3.68. The molecule has 1 aromatic rings. The molecule has 0 radical (unpaired) electrons. The molecular formula is C16H25ClN2O. The molecule has 0 aromatic heterocycles. The Labute approximate surface area is 127 Å². The molecule has 0 bridgehead atoms. The van der Waals surface area contributed by atoms with Crippen LogP contribution in [0.25, 0.3) is 0 Å². The van der Waals surface area contributed by atoms with Gasteiger partial charge in [0.1, 0.15) is 0 Å². The Kier molecular flexibility index (Phi) is 5.70. The van der Waals surface area contributed by atoms with Gasteiger partial charge in [0.25, 0.3) is 0 Å². The predicted octanol–water partition coefficient (Wildman–Crippen LogP) is 3.45. The van der Waals surface area contributed by atoms with E-state index in [0.29, 0.717) is 12.1 Å². The van der Waals surface area contributed by atoms with Gasteiger partial charge in [-0.25, -0.2) is 0 Å². The molecule has 0 spiro atoms. The number of benzene rings is 1. The Morgan fingerprint density at radius 2 is 2.25 bits per heavy atom. The van der Waals surface area contributed by atoms with Crippen LogP contribution in [0.1, 0.15) is 32.8 Å². The molecule has 1 N–H and O–H groups in total. The lowest BCUT2D eigenvalue weighted by Gasteiger charge is -2.35. The van der Waals surface area contributed by atoms with Crippen LogP contribution in [0.2, 0.25) is 5.02 Å². The summed E-state index contributed by atoms with van der Waals surface area (Å²) < 4.78 is 5.76. The molecule has 112 valence electrons. The lowest BCUT2D eigenvalue weighted by molar-refractivity contribution is 0.0384. The number of rotatable bonds is 5. The first kappa shape index (κ1) is 15.6. The van der Waals surface area contributed by atoms with Crippen molar-refractivity contribution in [1.29, 1.82) is 0 Å². The molecule has 3 nitrogen and oxygen atoms in total. The lowest BCUT2D eigenvalue weighted by Crippen LogP contribution is -2.42. The molecule has 1 atom stereocenters. The highest BCUT2D eigenvalue weighted by Gasteiger charge is 2.21. The maximum atomic E-state index is 6.19. The summed E-state index contributed by atoms with van der Waals surface area (Å²) in [6.45, 7) is 10.1. The molecule has 0 amide bonds. The van der Waals surface area contributed by atoms with Crippen molar-refractivity contribution in [3.8, 4) is 0 Å². The van der Waals surface area contributed by atoms with Gasteiger partial charge in [0, 0.05) is 36.4 Å². The van der Waals surface area contributed by atoms with E-state index in [1.807, 2.05) is 6.07 Å². The number of hydrogen-bond acceptors (Lipinski definition) is 3. The van der Waals surface area contributed by atoms with Gasteiger partial charge < -0.3 is 15.0 Å². The third-order valence-corrected chi connectivity index (χ3v) is 3.92. The van der Waals surface area contributed by atoms with Gasteiger partial charge in [-0.15, -0.1) is 0 Å². The smallest absolute Gasteiger partial charge is 0.0748 e. The number of nitrogens with one attached hydrogen (secondary N) is 1. The Morgan fingerprint density at radius 1 is 1.45 bits per heavy atom. The van der Waals surface area contributed by atoms with Gasteiger partial charge in [-0.1, -0.05) is 38.4 Å². The fourth-order valence-electron chi connectivity index (χ4n) is 2.48. The second-order valence-electron chi connectivity index (χ2n) is 5.66. The highest BCUT2D eigenvalue weighted by Crippen LogP contribution is 2.27. The van der Waals surface area contributed by atoms with E-state index in [9.17, 15) is 0 Å². The molecule has 1 aromatic carbocycles.